The van der Waals surface area contributed by atoms with E-state index >= 15 is 0 Å². The molecule has 4 heteroatoms. The summed E-state index contributed by atoms with van der Waals surface area (Å²) in [5, 5.41) is 0. The predicted molar refractivity (Wildman–Crippen MR) is 74.6 cm³/mol. The fourth-order valence-corrected chi connectivity index (χ4v) is 2.20. The van der Waals surface area contributed by atoms with Crippen molar-refractivity contribution in [2.75, 3.05) is 11.9 Å². The molecule has 0 spiro atoms. The van der Waals surface area contributed by atoms with Crippen molar-refractivity contribution in [1.82, 2.24) is 0 Å². The Labute approximate surface area is 112 Å². The first-order chi connectivity index (χ1) is 8.99. The van der Waals surface area contributed by atoms with E-state index in [9.17, 15) is 4.39 Å². The quantitative estimate of drug-likeness (QED) is 0.918. The lowest BCUT2D eigenvalue weighted by atomic mass is 10.1. The van der Waals surface area contributed by atoms with Crippen LogP contribution in [0.3, 0.4) is 0 Å². The molecule has 2 aromatic rings. The van der Waals surface area contributed by atoms with Gasteiger partial charge in [0, 0.05) is 24.3 Å². The van der Waals surface area contributed by atoms with Crippen molar-refractivity contribution in [3.63, 3.8) is 0 Å². The van der Waals surface area contributed by atoms with Crippen LogP contribution < -0.4 is 10.6 Å². The molecule has 0 saturated heterocycles. The molecule has 1 heterocycles. The smallest absolute Gasteiger partial charge is 0.130 e. The van der Waals surface area contributed by atoms with Gasteiger partial charge in [-0.15, -0.1) is 0 Å². The number of hydrogen-bond donors (Lipinski definition) is 1. The van der Waals surface area contributed by atoms with Crippen LogP contribution in [-0.4, -0.2) is 7.05 Å². The molecule has 0 aliphatic carbocycles. The number of nitrogens with two attached hydrogens (primary N) is 1. The van der Waals surface area contributed by atoms with Gasteiger partial charge < -0.3 is 15.1 Å². The molecular formula is C15H19FN2O. The summed E-state index contributed by atoms with van der Waals surface area (Å²) in [6.07, 6.45) is 0. The summed E-state index contributed by atoms with van der Waals surface area (Å²) < 4.78 is 19.4. The lowest BCUT2D eigenvalue weighted by Gasteiger charge is -2.23. The Morgan fingerprint density at radius 1 is 1.32 bits per heavy atom. The first-order valence-corrected chi connectivity index (χ1v) is 6.29. The zero-order valence-corrected chi connectivity index (χ0v) is 11.5. The molecule has 0 aliphatic rings. The Morgan fingerprint density at radius 3 is 2.63 bits per heavy atom. The maximum absolute atomic E-state index is 13.9. The summed E-state index contributed by atoms with van der Waals surface area (Å²) in [7, 11) is 1.90. The molecule has 1 atom stereocenters. The van der Waals surface area contributed by atoms with Crippen molar-refractivity contribution in [1.29, 1.82) is 0 Å². The van der Waals surface area contributed by atoms with Gasteiger partial charge >= 0.3 is 0 Å². The Balaban J connectivity index is 2.28. The fourth-order valence-electron chi connectivity index (χ4n) is 2.20. The zero-order valence-electron chi connectivity index (χ0n) is 11.5. The second kappa shape index (κ2) is 5.45. The Hall–Kier alpha value is -1.81. The van der Waals surface area contributed by atoms with Crippen molar-refractivity contribution in [3.8, 4) is 0 Å². The van der Waals surface area contributed by atoms with E-state index in [0.29, 0.717) is 12.1 Å². The molecule has 1 aromatic heterocycles. The lowest BCUT2D eigenvalue weighted by molar-refractivity contribution is 0.481. The molecule has 0 unspecified atom stereocenters. The number of halogens is 1. The van der Waals surface area contributed by atoms with E-state index in [1.54, 1.807) is 13.0 Å². The van der Waals surface area contributed by atoms with Crippen LogP contribution in [0.25, 0.3) is 0 Å². The predicted octanol–water partition coefficient (Wildman–Crippen LogP) is 3.38. The largest absolute Gasteiger partial charge is 0.464 e. The van der Waals surface area contributed by atoms with Gasteiger partial charge in [0.1, 0.15) is 17.3 Å². The number of rotatable bonds is 4. The molecule has 0 bridgehead atoms. The average Bonchev–Trinajstić information content (AvgIpc) is 2.73. The van der Waals surface area contributed by atoms with Crippen LogP contribution in [0, 0.1) is 12.7 Å². The molecule has 2 N–H and O–H groups in total. The van der Waals surface area contributed by atoms with Crippen LogP contribution in [0.1, 0.15) is 30.0 Å². The van der Waals surface area contributed by atoms with E-state index in [-0.39, 0.29) is 11.9 Å². The molecular weight excluding hydrogens is 243 g/mol. The van der Waals surface area contributed by atoms with Crippen LogP contribution in [0.2, 0.25) is 0 Å². The number of hydrogen-bond acceptors (Lipinski definition) is 3. The normalized spacial score (nSPS) is 12.5. The van der Waals surface area contributed by atoms with Crippen LogP contribution in [0.4, 0.5) is 10.1 Å². The molecule has 0 aliphatic heterocycles. The van der Waals surface area contributed by atoms with Crippen molar-refractivity contribution in [3.05, 3.63) is 53.2 Å². The van der Waals surface area contributed by atoms with Crippen molar-refractivity contribution in [2.45, 2.75) is 26.4 Å². The minimum atomic E-state index is -0.350. The first kappa shape index (κ1) is 13.6. The third-order valence-electron chi connectivity index (χ3n) is 3.09. The minimum absolute atomic E-state index is 0.269. The van der Waals surface area contributed by atoms with Gasteiger partial charge in [-0.25, -0.2) is 4.39 Å². The highest BCUT2D eigenvalue weighted by Gasteiger charge is 2.16. The summed E-state index contributed by atoms with van der Waals surface area (Å²) in [5.74, 6) is 1.45. The number of anilines is 1. The molecule has 0 radical (unpaired) electrons. The SMILES string of the molecule is Cc1ccc(CN(C)c2cccc(F)c2[C@H](C)N)o1. The van der Waals surface area contributed by atoms with Gasteiger partial charge in [-0.3, -0.25) is 0 Å². The molecule has 0 saturated carbocycles. The topological polar surface area (TPSA) is 42.4 Å². The number of benzene rings is 1. The molecule has 1 aromatic carbocycles. The van der Waals surface area contributed by atoms with E-state index in [1.807, 2.05) is 37.1 Å². The molecule has 2 rings (SSSR count). The Morgan fingerprint density at radius 2 is 2.05 bits per heavy atom. The third-order valence-corrected chi connectivity index (χ3v) is 3.09. The van der Waals surface area contributed by atoms with Gasteiger partial charge in [-0.1, -0.05) is 6.07 Å². The number of aryl methyl sites for hydroxylation is 1. The minimum Gasteiger partial charge on any atom is -0.464 e. The summed E-state index contributed by atoms with van der Waals surface area (Å²) in [5.41, 5.74) is 7.19. The van der Waals surface area contributed by atoms with Crippen molar-refractivity contribution in [2.24, 2.45) is 5.73 Å². The maximum atomic E-state index is 13.9. The standard InChI is InChI=1S/C15H19FN2O/c1-10-7-8-12(19-10)9-18(3)14-6-4-5-13(16)15(14)11(2)17/h4-8,11H,9,17H2,1-3H3/t11-/m0/s1. The Kier molecular flexibility index (Phi) is 3.90. The van der Waals surface area contributed by atoms with Gasteiger partial charge in [0.25, 0.3) is 0 Å². The molecule has 19 heavy (non-hydrogen) atoms. The van der Waals surface area contributed by atoms with Gasteiger partial charge in [0.05, 0.1) is 6.54 Å². The van der Waals surface area contributed by atoms with Crippen LogP contribution >= 0.6 is 0 Å². The summed E-state index contributed by atoms with van der Waals surface area (Å²) in [6, 6.07) is 8.50. The molecule has 0 amide bonds. The van der Waals surface area contributed by atoms with E-state index in [0.717, 1.165) is 17.2 Å². The van der Waals surface area contributed by atoms with Gasteiger partial charge in [-0.05, 0) is 38.1 Å². The lowest BCUT2D eigenvalue weighted by Crippen LogP contribution is -2.21. The van der Waals surface area contributed by atoms with E-state index < -0.39 is 0 Å². The summed E-state index contributed by atoms with van der Waals surface area (Å²) in [4.78, 5) is 1.94. The summed E-state index contributed by atoms with van der Waals surface area (Å²) in [6.45, 7) is 4.27. The van der Waals surface area contributed by atoms with E-state index in [4.69, 9.17) is 10.2 Å². The van der Waals surface area contributed by atoms with Crippen molar-refractivity contribution < 1.29 is 8.81 Å². The van der Waals surface area contributed by atoms with Gasteiger partial charge in [-0.2, -0.15) is 0 Å². The Bertz CT molecular complexity index is 563. The van der Waals surface area contributed by atoms with Gasteiger partial charge in [0.15, 0.2) is 0 Å². The number of nitrogens with zero attached hydrogens (tertiary/aromatic N) is 1. The molecule has 102 valence electrons. The zero-order chi connectivity index (χ0) is 14.0. The van der Waals surface area contributed by atoms with E-state index in [2.05, 4.69) is 0 Å². The third kappa shape index (κ3) is 2.96. The van der Waals surface area contributed by atoms with E-state index in [1.165, 1.54) is 6.07 Å². The van der Waals surface area contributed by atoms with Gasteiger partial charge in [0.2, 0.25) is 0 Å². The highest BCUT2D eigenvalue weighted by Crippen LogP contribution is 2.28. The fraction of sp³-hybridized carbons (Fsp3) is 0.333. The highest BCUT2D eigenvalue weighted by molar-refractivity contribution is 5.55. The summed E-state index contributed by atoms with van der Waals surface area (Å²) >= 11 is 0. The van der Waals surface area contributed by atoms with Crippen LogP contribution in [-0.2, 0) is 6.54 Å². The van der Waals surface area contributed by atoms with Crippen LogP contribution in [0.15, 0.2) is 34.7 Å². The molecule has 3 nitrogen and oxygen atoms in total. The highest BCUT2D eigenvalue weighted by atomic mass is 19.1. The second-order valence-corrected chi connectivity index (χ2v) is 4.83. The molecule has 0 fully saturated rings. The monoisotopic (exact) mass is 262 g/mol. The second-order valence-electron chi connectivity index (χ2n) is 4.83. The van der Waals surface area contributed by atoms with Crippen LogP contribution in [0.5, 0.6) is 0 Å². The number of furan rings is 1. The first-order valence-electron chi connectivity index (χ1n) is 6.29. The van der Waals surface area contributed by atoms with Crippen molar-refractivity contribution >= 4 is 5.69 Å². The maximum Gasteiger partial charge on any atom is 0.130 e. The average molecular weight is 262 g/mol.